The number of hydrogen-bond acceptors (Lipinski definition) is 6. The van der Waals surface area contributed by atoms with Gasteiger partial charge in [0, 0.05) is 23.7 Å². The van der Waals surface area contributed by atoms with Crippen LogP contribution in [-0.2, 0) is 9.59 Å². The molecule has 2 aromatic carbocycles. The van der Waals surface area contributed by atoms with Crippen molar-refractivity contribution in [1.29, 1.82) is 0 Å². The van der Waals surface area contributed by atoms with Crippen LogP contribution in [0.4, 0.5) is 0 Å². The lowest BCUT2D eigenvalue weighted by molar-refractivity contribution is -0.140. The fourth-order valence-corrected chi connectivity index (χ4v) is 3.68. The van der Waals surface area contributed by atoms with Crippen LogP contribution in [0.1, 0.15) is 17.2 Å². The van der Waals surface area contributed by atoms with Crippen molar-refractivity contribution < 1.29 is 24.2 Å². The van der Waals surface area contributed by atoms with Crippen molar-refractivity contribution in [1.82, 2.24) is 9.80 Å². The summed E-state index contributed by atoms with van der Waals surface area (Å²) in [5.74, 6) is -0.649. The first kappa shape index (κ1) is 22.7. The number of aliphatic hydroxyl groups is 1. The van der Waals surface area contributed by atoms with E-state index in [4.69, 9.17) is 21.1 Å². The number of likely N-dealkylation sites (tertiary alicyclic amines) is 1. The maximum atomic E-state index is 13.0. The van der Waals surface area contributed by atoms with Gasteiger partial charge in [0.2, 0.25) is 0 Å². The Morgan fingerprint density at radius 2 is 1.71 bits per heavy atom. The molecule has 1 unspecified atom stereocenters. The molecule has 164 valence electrons. The van der Waals surface area contributed by atoms with Gasteiger partial charge in [-0.2, -0.15) is 0 Å². The summed E-state index contributed by atoms with van der Waals surface area (Å²) in [5, 5.41) is 11.5. The van der Waals surface area contributed by atoms with E-state index in [1.807, 2.05) is 19.0 Å². The Kier molecular flexibility index (Phi) is 6.87. The highest BCUT2D eigenvalue weighted by atomic mass is 35.5. The van der Waals surface area contributed by atoms with E-state index in [2.05, 4.69) is 0 Å². The van der Waals surface area contributed by atoms with Gasteiger partial charge in [0.1, 0.15) is 5.76 Å². The van der Waals surface area contributed by atoms with Crippen molar-refractivity contribution in [2.24, 2.45) is 0 Å². The van der Waals surface area contributed by atoms with Gasteiger partial charge in [-0.05, 0) is 56.1 Å². The lowest BCUT2D eigenvalue weighted by Gasteiger charge is -2.27. The molecule has 0 bridgehead atoms. The van der Waals surface area contributed by atoms with Crippen LogP contribution in [0.25, 0.3) is 5.76 Å². The van der Waals surface area contributed by atoms with Crippen LogP contribution in [0.3, 0.4) is 0 Å². The largest absolute Gasteiger partial charge is 0.507 e. The molecule has 31 heavy (non-hydrogen) atoms. The zero-order valence-electron chi connectivity index (χ0n) is 17.9. The molecule has 0 aliphatic carbocycles. The first-order valence-electron chi connectivity index (χ1n) is 9.69. The van der Waals surface area contributed by atoms with E-state index in [9.17, 15) is 14.7 Å². The molecular formula is C23H25ClN2O5. The van der Waals surface area contributed by atoms with E-state index in [1.54, 1.807) is 42.5 Å². The van der Waals surface area contributed by atoms with Gasteiger partial charge in [-0.1, -0.05) is 17.7 Å². The van der Waals surface area contributed by atoms with Gasteiger partial charge >= 0.3 is 0 Å². The highest BCUT2D eigenvalue weighted by Gasteiger charge is 2.46. The second-order valence-corrected chi connectivity index (χ2v) is 7.85. The second kappa shape index (κ2) is 9.41. The Morgan fingerprint density at radius 1 is 1.06 bits per heavy atom. The average molecular weight is 445 g/mol. The summed E-state index contributed by atoms with van der Waals surface area (Å²) in [6.07, 6.45) is 0. The molecule has 1 fully saturated rings. The molecule has 1 aliphatic rings. The van der Waals surface area contributed by atoms with Crippen LogP contribution in [0.2, 0.25) is 5.02 Å². The number of amides is 1. The number of halogens is 1. The van der Waals surface area contributed by atoms with Gasteiger partial charge in [0.05, 0.1) is 25.8 Å². The third kappa shape index (κ3) is 4.52. The van der Waals surface area contributed by atoms with Crippen LogP contribution in [0, 0.1) is 0 Å². The first-order chi connectivity index (χ1) is 14.8. The van der Waals surface area contributed by atoms with Gasteiger partial charge in [-0.15, -0.1) is 0 Å². The third-order valence-electron chi connectivity index (χ3n) is 5.17. The minimum Gasteiger partial charge on any atom is -0.507 e. The summed E-state index contributed by atoms with van der Waals surface area (Å²) >= 11 is 5.95. The summed E-state index contributed by atoms with van der Waals surface area (Å²) in [6.45, 7) is 0.867. The molecule has 3 rings (SSSR count). The van der Waals surface area contributed by atoms with Crippen molar-refractivity contribution in [2.75, 3.05) is 41.4 Å². The Labute approximate surface area is 186 Å². The maximum Gasteiger partial charge on any atom is 0.295 e. The van der Waals surface area contributed by atoms with E-state index < -0.39 is 17.7 Å². The van der Waals surface area contributed by atoms with Crippen molar-refractivity contribution >= 4 is 29.1 Å². The van der Waals surface area contributed by atoms with E-state index in [-0.39, 0.29) is 11.3 Å². The third-order valence-corrected chi connectivity index (χ3v) is 5.42. The van der Waals surface area contributed by atoms with E-state index >= 15 is 0 Å². The number of carbonyl (C=O) groups is 2. The molecule has 2 aromatic rings. The Hall–Kier alpha value is -3.03. The van der Waals surface area contributed by atoms with Gasteiger partial charge < -0.3 is 24.4 Å². The SMILES string of the molecule is COc1ccc(C2/C(=C(\O)c3ccc(Cl)cc3)C(=O)C(=O)N2CCN(C)C)cc1OC. The van der Waals surface area contributed by atoms with E-state index in [1.165, 1.54) is 19.1 Å². The van der Waals surface area contributed by atoms with Crippen molar-refractivity contribution in [3.05, 3.63) is 64.2 Å². The summed E-state index contributed by atoms with van der Waals surface area (Å²) in [7, 11) is 6.81. The number of nitrogens with zero attached hydrogens (tertiary/aromatic N) is 2. The number of likely N-dealkylation sites (N-methyl/N-ethyl adjacent to an activating group) is 1. The lowest BCUT2D eigenvalue weighted by Crippen LogP contribution is -2.35. The molecule has 0 spiro atoms. The summed E-state index contributed by atoms with van der Waals surface area (Å²) < 4.78 is 10.7. The van der Waals surface area contributed by atoms with Gasteiger partial charge in [-0.25, -0.2) is 0 Å². The standard InChI is InChI=1S/C23H25ClN2O5/c1-25(2)11-12-26-20(15-7-10-17(30-3)18(13-15)31-4)19(22(28)23(26)29)21(27)14-5-8-16(24)9-6-14/h5-10,13,20,27H,11-12H2,1-4H3/b21-19+. The molecule has 1 saturated heterocycles. The molecule has 0 aromatic heterocycles. The van der Waals surface area contributed by atoms with E-state index in [0.717, 1.165) is 0 Å². The monoisotopic (exact) mass is 444 g/mol. The fourth-order valence-electron chi connectivity index (χ4n) is 3.55. The number of ether oxygens (including phenoxy) is 2. The molecule has 0 saturated carbocycles. The zero-order valence-corrected chi connectivity index (χ0v) is 18.6. The Balaban J connectivity index is 2.18. The van der Waals surface area contributed by atoms with Gasteiger partial charge in [-0.3, -0.25) is 9.59 Å². The summed E-state index contributed by atoms with van der Waals surface area (Å²) in [6, 6.07) is 10.9. The maximum absolute atomic E-state index is 13.0. The average Bonchev–Trinajstić information content (AvgIpc) is 3.01. The van der Waals surface area contributed by atoms with Crippen LogP contribution in [-0.4, -0.2) is 68.0 Å². The molecule has 0 radical (unpaired) electrons. The number of methoxy groups -OCH3 is 2. The highest BCUT2D eigenvalue weighted by molar-refractivity contribution is 6.46. The molecular weight excluding hydrogens is 420 g/mol. The van der Waals surface area contributed by atoms with Gasteiger partial charge in [0.25, 0.3) is 11.7 Å². The fraction of sp³-hybridized carbons (Fsp3) is 0.304. The second-order valence-electron chi connectivity index (χ2n) is 7.42. The molecule has 1 amide bonds. The number of benzene rings is 2. The Bertz CT molecular complexity index is 1020. The van der Waals surface area contributed by atoms with Crippen LogP contribution < -0.4 is 9.47 Å². The highest BCUT2D eigenvalue weighted by Crippen LogP contribution is 2.41. The number of ketones is 1. The van der Waals surface area contributed by atoms with Crippen molar-refractivity contribution in [3.63, 3.8) is 0 Å². The van der Waals surface area contributed by atoms with Crippen LogP contribution >= 0.6 is 11.6 Å². The molecule has 1 heterocycles. The number of rotatable bonds is 7. The first-order valence-corrected chi connectivity index (χ1v) is 10.1. The smallest absolute Gasteiger partial charge is 0.295 e. The molecule has 1 atom stereocenters. The number of aliphatic hydroxyl groups excluding tert-OH is 1. The minimum absolute atomic E-state index is 0.0262. The lowest BCUT2D eigenvalue weighted by atomic mass is 9.95. The van der Waals surface area contributed by atoms with Crippen molar-refractivity contribution in [3.8, 4) is 11.5 Å². The number of hydrogen-bond donors (Lipinski definition) is 1. The van der Waals surface area contributed by atoms with E-state index in [0.29, 0.717) is 40.7 Å². The zero-order chi connectivity index (χ0) is 22.7. The molecule has 8 heteroatoms. The number of Topliss-reactive ketones (excluding diaryl/α,β-unsaturated/α-hetero) is 1. The molecule has 1 aliphatic heterocycles. The van der Waals surface area contributed by atoms with Crippen molar-refractivity contribution in [2.45, 2.75) is 6.04 Å². The minimum atomic E-state index is -0.768. The summed E-state index contributed by atoms with van der Waals surface area (Å²) in [4.78, 5) is 29.3. The van der Waals surface area contributed by atoms with Gasteiger partial charge in [0.15, 0.2) is 11.5 Å². The predicted molar refractivity (Wildman–Crippen MR) is 119 cm³/mol. The Morgan fingerprint density at radius 3 is 2.29 bits per heavy atom. The number of carbonyl (C=O) groups excluding carboxylic acids is 2. The van der Waals surface area contributed by atoms with Crippen LogP contribution in [0.15, 0.2) is 48.0 Å². The normalized spacial score (nSPS) is 18.0. The topological polar surface area (TPSA) is 79.3 Å². The quantitative estimate of drug-likeness (QED) is 0.401. The van der Waals surface area contributed by atoms with Crippen LogP contribution in [0.5, 0.6) is 11.5 Å². The predicted octanol–water partition coefficient (Wildman–Crippen LogP) is 3.34. The molecule has 1 N–H and O–H groups in total. The molecule has 7 nitrogen and oxygen atoms in total. The summed E-state index contributed by atoms with van der Waals surface area (Å²) in [5.41, 5.74) is 1.06.